The first-order valence-corrected chi connectivity index (χ1v) is 13.8. The Morgan fingerprint density at radius 1 is 1.23 bits per heavy atom. The van der Waals surface area contributed by atoms with Crippen molar-refractivity contribution in [1.82, 2.24) is 30.0 Å². The molecule has 5 rings (SSSR count). The number of amides is 1. The first-order chi connectivity index (χ1) is 18.7. The number of β-lactam (4-membered cyclic amide) rings is 1. The molecule has 2 aliphatic heterocycles. The molecule has 2 aliphatic rings. The summed E-state index contributed by atoms with van der Waals surface area (Å²) in [5.74, 6) is -1.45. The van der Waals surface area contributed by atoms with E-state index in [0.717, 1.165) is 28.0 Å². The summed E-state index contributed by atoms with van der Waals surface area (Å²) in [7, 11) is 4.01. The number of aliphatic hydroxyl groups excluding tert-OH is 1. The topological polar surface area (TPSA) is 137 Å². The van der Waals surface area contributed by atoms with Crippen LogP contribution in [0.15, 0.2) is 52.8 Å². The number of carbonyl (C=O) groups excluding carboxylic acids is 2. The largest absolute Gasteiger partial charge is 0.543 e. The van der Waals surface area contributed by atoms with Crippen LogP contribution in [-0.4, -0.2) is 86.4 Å². The third-order valence-electron chi connectivity index (χ3n) is 7.48. The number of thioether (sulfide) groups is 1. The van der Waals surface area contributed by atoms with E-state index in [1.165, 1.54) is 4.90 Å². The van der Waals surface area contributed by atoms with E-state index in [2.05, 4.69) is 26.5 Å². The van der Waals surface area contributed by atoms with Gasteiger partial charge in [0.25, 0.3) is 0 Å². The average molecular weight is 552 g/mol. The summed E-state index contributed by atoms with van der Waals surface area (Å²) in [4.78, 5) is 27.9. The van der Waals surface area contributed by atoms with Crippen molar-refractivity contribution in [2.45, 2.75) is 43.4 Å². The molecule has 0 bridgehead atoms. The molecular formula is C27H31N6O5S-. The number of hydrogen-bond donors (Lipinski definition) is 1. The first kappa shape index (κ1) is 27.1. The maximum Gasteiger partial charge on any atom is 0.235 e. The third-order valence-corrected chi connectivity index (χ3v) is 8.49. The quantitative estimate of drug-likeness (QED) is 0.271. The lowest BCUT2D eigenvalue weighted by molar-refractivity contribution is -0.301. The summed E-state index contributed by atoms with van der Waals surface area (Å²) in [6.45, 7) is 4.93. The molecule has 0 saturated carbocycles. The van der Waals surface area contributed by atoms with Crippen molar-refractivity contribution in [3.63, 3.8) is 0 Å². The molecule has 12 heteroatoms. The van der Waals surface area contributed by atoms with Crippen LogP contribution < -0.4 is 9.84 Å². The van der Waals surface area contributed by atoms with E-state index in [9.17, 15) is 19.8 Å². The number of aromatic nitrogens is 4. The van der Waals surface area contributed by atoms with Gasteiger partial charge in [0, 0.05) is 23.6 Å². The van der Waals surface area contributed by atoms with Gasteiger partial charge in [0.15, 0.2) is 0 Å². The van der Waals surface area contributed by atoms with Crippen LogP contribution in [0, 0.1) is 11.8 Å². The number of benzene rings is 2. The Kier molecular flexibility index (Phi) is 7.61. The highest BCUT2D eigenvalue weighted by atomic mass is 32.2. The molecule has 1 N–H and O–H groups in total. The number of carbonyl (C=O) groups is 2. The van der Waals surface area contributed by atoms with E-state index in [4.69, 9.17) is 4.74 Å². The lowest BCUT2D eigenvalue weighted by Crippen LogP contribution is -2.64. The van der Waals surface area contributed by atoms with Crippen molar-refractivity contribution in [3.05, 3.63) is 53.2 Å². The molecule has 0 spiro atoms. The SMILES string of the molecule is C[C@@H](O)[C@H]1C(=O)N2C(C(=O)[O-])=C(COc3cccc4c(CSc5nnnn5CCN(C)C)cccc34)[C@H](C)[C@H]12. The van der Waals surface area contributed by atoms with E-state index in [-0.39, 0.29) is 18.2 Å². The van der Waals surface area contributed by atoms with E-state index >= 15 is 0 Å². The number of hydrogen-bond acceptors (Lipinski definition) is 10. The molecule has 39 heavy (non-hydrogen) atoms. The number of rotatable bonds is 11. The fourth-order valence-electron chi connectivity index (χ4n) is 5.45. The maximum absolute atomic E-state index is 12.6. The van der Waals surface area contributed by atoms with E-state index < -0.39 is 29.9 Å². The Bertz CT molecular complexity index is 1440. The zero-order valence-corrected chi connectivity index (χ0v) is 23.1. The Morgan fingerprint density at radius 3 is 2.69 bits per heavy atom. The van der Waals surface area contributed by atoms with Crippen LogP contribution in [0.5, 0.6) is 5.75 Å². The number of carboxylic acids is 1. The number of aliphatic carboxylic acids is 1. The van der Waals surface area contributed by atoms with Crippen molar-refractivity contribution in [2.75, 3.05) is 27.2 Å². The number of nitrogens with zero attached hydrogens (tertiary/aromatic N) is 6. The van der Waals surface area contributed by atoms with Gasteiger partial charge in [-0.05, 0) is 54.0 Å². The standard InChI is InChI=1S/C27H32N6O5S/c1-15-20(24(26(36)37)33-23(15)22(16(2)34)25(33)35)13-38-21-10-6-8-18-17(7-5-9-19(18)21)14-39-27-28-29-30-32(27)12-11-31(3)4/h5-10,15-16,22-23,34H,11-14H2,1-4H3,(H,36,37)/p-1/t15-,16+,22+,23+/m0/s1. The number of carboxylic acid groups (broad SMARTS) is 1. The summed E-state index contributed by atoms with van der Waals surface area (Å²) in [5, 5.41) is 36.8. The van der Waals surface area contributed by atoms with Gasteiger partial charge >= 0.3 is 0 Å². The molecule has 11 nitrogen and oxygen atoms in total. The minimum Gasteiger partial charge on any atom is -0.543 e. The Morgan fingerprint density at radius 2 is 1.97 bits per heavy atom. The molecule has 0 aliphatic carbocycles. The van der Waals surface area contributed by atoms with Crippen LogP contribution in [0.25, 0.3) is 10.8 Å². The lowest BCUT2D eigenvalue weighted by atomic mass is 9.78. The molecule has 0 unspecified atom stereocenters. The van der Waals surface area contributed by atoms with Crippen molar-refractivity contribution < 1.29 is 24.5 Å². The van der Waals surface area contributed by atoms with Crippen LogP contribution >= 0.6 is 11.8 Å². The summed E-state index contributed by atoms with van der Waals surface area (Å²) in [5.41, 5.74) is 1.44. The minimum atomic E-state index is -1.41. The second kappa shape index (κ2) is 10.9. The van der Waals surface area contributed by atoms with E-state index in [0.29, 0.717) is 23.6 Å². The van der Waals surface area contributed by atoms with Gasteiger partial charge in [-0.3, -0.25) is 4.79 Å². The molecule has 3 aromatic rings. The zero-order chi connectivity index (χ0) is 27.8. The van der Waals surface area contributed by atoms with Gasteiger partial charge in [0.1, 0.15) is 12.4 Å². The molecule has 1 amide bonds. The van der Waals surface area contributed by atoms with Gasteiger partial charge in [-0.2, -0.15) is 0 Å². The molecule has 1 fully saturated rings. The highest BCUT2D eigenvalue weighted by Crippen LogP contribution is 2.47. The molecule has 0 radical (unpaired) electrons. The van der Waals surface area contributed by atoms with Gasteiger partial charge in [0.05, 0.1) is 36.3 Å². The van der Waals surface area contributed by atoms with Crippen LogP contribution in [0.1, 0.15) is 19.4 Å². The first-order valence-electron chi connectivity index (χ1n) is 12.8. The molecule has 1 aromatic heterocycles. The van der Waals surface area contributed by atoms with Crippen LogP contribution in [0.3, 0.4) is 0 Å². The molecule has 4 atom stereocenters. The molecular weight excluding hydrogens is 520 g/mol. The predicted molar refractivity (Wildman–Crippen MR) is 142 cm³/mol. The monoisotopic (exact) mass is 551 g/mol. The average Bonchev–Trinajstić information content (AvgIpc) is 3.44. The number of ether oxygens (including phenoxy) is 1. The summed E-state index contributed by atoms with van der Waals surface area (Å²) in [6.07, 6.45) is -0.864. The van der Waals surface area contributed by atoms with Gasteiger partial charge in [-0.25, -0.2) is 4.68 Å². The summed E-state index contributed by atoms with van der Waals surface area (Å²) >= 11 is 1.56. The second-order valence-electron chi connectivity index (χ2n) is 10.2. The number of fused-ring (bicyclic) bond motifs is 2. The Balaban J connectivity index is 1.35. The summed E-state index contributed by atoms with van der Waals surface area (Å²) in [6, 6.07) is 11.3. The minimum absolute atomic E-state index is 0.00394. The van der Waals surface area contributed by atoms with Gasteiger partial charge in [0.2, 0.25) is 11.1 Å². The van der Waals surface area contributed by atoms with Crippen LogP contribution in [0.4, 0.5) is 0 Å². The van der Waals surface area contributed by atoms with E-state index in [1.807, 2.05) is 51.4 Å². The smallest absolute Gasteiger partial charge is 0.235 e. The molecule has 2 aromatic carbocycles. The molecule has 1 saturated heterocycles. The van der Waals surface area contributed by atoms with Crippen molar-refractivity contribution in [2.24, 2.45) is 11.8 Å². The van der Waals surface area contributed by atoms with Gasteiger partial charge in [-0.15, -0.1) is 5.10 Å². The number of aliphatic hydroxyl groups is 1. The Hall–Kier alpha value is -3.48. The molecule has 3 heterocycles. The fourth-order valence-corrected chi connectivity index (χ4v) is 6.36. The van der Waals surface area contributed by atoms with Crippen molar-refractivity contribution in [3.8, 4) is 5.75 Å². The fraction of sp³-hybridized carbons (Fsp3) is 0.444. The third kappa shape index (κ3) is 4.99. The second-order valence-corrected chi connectivity index (χ2v) is 11.2. The van der Waals surface area contributed by atoms with Crippen molar-refractivity contribution >= 4 is 34.4 Å². The van der Waals surface area contributed by atoms with Crippen LogP contribution in [-0.2, 0) is 21.9 Å². The summed E-state index contributed by atoms with van der Waals surface area (Å²) < 4.78 is 7.99. The maximum atomic E-state index is 12.6. The van der Waals surface area contributed by atoms with Gasteiger partial charge in [-0.1, -0.05) is 49.0 Å². The van der Waals surface area contributed by atoms with Crippen molar-refractivity contribution in [1.29, 1.82) is 0 Å². The highest BCUT2D eigenvalue weighted by Gasteiger charge is 2.58. The highest BCUT2D eigenvalue weighted by molar-refractivity contribution is 7.98. The Labute approximate surface area is 230 Å². The van der Waals surface area contributed by atoms with Gasteiger partial charge < -0.3 is 29.5 Å². The number of tetrazole rings is 1. The number of likely N-dealkylation sites (N-methyl/N-ethyl adjacent to an activating group) is 1. The molecule has 206 valence electrons. The lowest BCUT2D eigenvalue weighted by Gasteiger charge is -2.47. The zero-order valence-electron chi connectivity index (χ0n) is 22.3. The van der Waals surface area contributed by atoms with Crippen LogP contribution in [0.2, 0.25) is 0 Å². The normalized spacial score (nSPS) is 21.4. The predicted octanol–water partition coefficient (Wildman–Crippen LogP) is 0.921. The van der Waals surface area contributed by atoms with E-state index in [1.54, 1.807) is 23.4 Å².